The van der Waals surface area contributed by atoms with E-state index in [4.69, 9.17) is 27.9 Å². The quantitative estimate of drug-likeness (QED) is 0.659. The van der Waals surface area contributed by atoms with Gasteiger partial charge >= 0.3 is 5.97 Å². The molecule has 0 saturated heterocycles. The normalized spacial score (nSPS) is 11.7. The van der Waals surface area contributed by atoms with E-state index in [2.05, 4.69) is 4.99 Å². The second-order valence-electron chi connectivity index (χ2n) is 4.62. The number of esters is 1. The molecule has 0 aliphatic carbocycles. The molecule has 0 heterocycles. The van der Waals surface area contributed by atoms with Crippen molar-refractivity contribution >= 4 is 34.9 Å². The molecule has 2 aromatic carbocycles. The smallest absolute Gasteiger partial charge is 0.358 e. The molecule has 0 aliphatic rings. The average Bonchev–Trinajstić information content (AvgIpc) is 2.54. The molecule has 120 valence electrons. The van der Waals surface area contributed by atoms with Crippen molar-refractivity contribution in [2.24, 2.45) is 4.99 Å². The molecule has 1 unspecified atom stereocenters. The molecular weight excluding hydrogens is 337 g/mol. The summed E-state index contributed by atoms with van der Waals surface area (Å²) in [5, 5.41) is 11.1. The van der Waals surface area contributed by atoms with Crippen LogP contribution in [0.4, 0.5) is 0 Å². The van der Waals surface area contributed by atoms with E-state index < -0.39 is 12.2 Å². The van der Waals surface area contributed by atoms with E-state index in [9.17, 15) is 9.90 Å². The van der Waals surface area contributed by atoms with Crippen LogP contribution in [0.25, 0.3) is 0 Å². The maximum Gasteiger partial charge on any atom is 0.358 e. The topological polar surface area (TPSA) is 58.9 Å². The molecular formula is C17H15Cl2NO3. The van der Waals surface area contributed by atoms with Crippen molar-refractivity contribution in [3.8, 4) is 0 Å². The standard InChI is InChI=1S/C17H15Cl2NO3/c1-2-23-17(22)16(21)20-15(11-3-7-13(18)8-4-11)12-5-9-14(19)10-6-12/h3-10,16,21H,2H2,1H3. The molecule has 0 bridgehead atoms. The van der Waals surface area contributed by atoms with Crippen LogP contribution in [0.5, 0.6) is 0 Å². The van der Waals surface area contributed by atoms with Crippen molar-refractivity contribution in [2.75, 3.05) is 6.61 Å². The first-order valence-corrected chi connectivity index (χ1v) is 7.71. The number of aliphatic hydroxyl groups excluding tert-OH is 1. The zero-order valence-electron chi connectivity index (χ0n) is 12.4. The summed E-state index contributed by atoms with van der Waals surface area (Å²) in [6.45, 7) is 1.83. The Morgan fingerprint density at radius 2 is 1.48 bits per heavy atom. The number of carbonyl (C=O) groups is 1. The van der Waals surface area contributed by atoms with Gasteiger partial charge < -0.3 is 9.84 Å². The van der Waals surface area contributed by atoms with Crippen LogP contribution in [-0.4, -0.2) is 29.6 Å². The van der Waals surface area contributed by atoms with Gasteiger partial charge in [0.2, 0.25) is 6.23 Å². The Bertz CT molecular complexity index is 649. The summed E-state index contributed by atoms with van der Waals surface area (Å²) < 4.78 is 4.78. The molecule has 2 rings (SSSR count). The molecule has 0 fully saturated rings. The number of hydrogen-bond donors (Lipinski definition) is 1. The van der Waals surface area contributed by atoms with E-state index in [1.807, 2.05) is 0 Å². The van der Waals surface area contributed by atoms with Gasteiger partial charge in [0.05, 0.1) is 12.3 Å². The molecule has 0 amide bonds. The van der Waals surface area contributed by atoms with Gasteiger partial charge in [-0.1, -0.05) is 47.5 Å². The summed E-state index contributed by atoms with van der Waals surface area (Å²) >= 11 is 11.8. The molecule has 23 heavy (non-hydrogen) atoms. The molecule has 1 N–H and O–H groups in total. The first-order valence-electron chi connectivity index (χ1n) is 6.95. The fraction of sp³-hybridized carbons (Fsp3) is 0.176. The zero-order chi connectivity index (χ0) is 16.8. The first-order chi connectivity index (χ1) is 11.0. The SMILES string of the molecule is CCOC(=O)C(O)N=C(c1ccc(Cl)cc1)c1ccc(Cl)cc1. The maximum absolute atomic E-state index is 11.6. The lowest BCUT2D eigenvalue weighted by Gasteiger charge is -2.11. The summed E-state index contributed by atoms with van der Waals surface area (Å²) in [6.07, 6.45) is -1.60. The van der Waals surface area contributed by atoms with Gasteiger partial charge in [-0.2, -0.15) is 0 Å². The van der Waals surface area contributed by atoms with Crippen molar-refractivity contribution in [2.45, 2.75) is 13.2 Å². The van der Waals surface area contributed by atoms with Crippen LogP contribution in [0.1, 0.15) is 18.1 Å². The van der Waals surface area contributed by atoms with E-state index in [0.717, 1.165) is 0 Å². The van der Waals surface area contributed by atoms with Gasteiger partial charge in [0.25, 0.3) is 0 Å². The van der Waals surface area contributed by atoms with Gasteiger partial charge in [-0.15, -0.1) is 0 Å². The van der Waals surface area contributed by atoms with Crippen molar-refractivity contribution in [3.05, 3.63) is 69.7 Å². The van der Waals surface area contributed by atoms with Crippen molar-refractivity contribution in [3.63, 3.8) is 0 Å². The van der Waals surface area contributed by atoms with Gasteiger partial charge in [-0.3, -0.25) is 0 Å². The minimum atomic E-state index is -1.60. The number of aliphatic hydroxyl groups is 1. The first kappa shape index (κ1) is 17.5. The van der Waals surface area contributed by atoms with E-state index in [-0.39, 0.29) is 6.61 Å². The van der Waals surface area contributed by atoms with Crippen LogP contribution in [0.15, 0.2) is 53.5 Å². The van der Waals surface area contributed by atoms with E-state index in [1.165, 1.54) is 0 Å². The molecule has 1 atom stereocenters. The van der Waals surface area contributed by atoms with Crippen LogP contribution >= 0.6 is 23.2 Å². The predicted molar refractivity (Wildman–Crippen MR) is 91.2 cm³/mol. The Labute approximate surface area is 144 Å². The molecule has 0 aromatic heterocycles. The number of carbonyl (C=O) groups excluding carboxylic acids is 1. The fourth-order valence-electron chi connectivity index (χ4n) is 1.92. The summed E-state index contributed by atoms with van der Waals surface area (Å²) in [5.41, 5.74) is 1.86. The summed E-state index contributed by atoms with van der Waals surface area (Å²) in [4.78, 5) is 15.7. The highest BCUT2D eigenvalue weighted by molar-refractivity contribution is 6.31. The number of aliphatic imine (C=N–C) groups is 1. The van der Waals surface area contributed by atoms with E-state index >= 15 is 0 Å². The van der Waals surface area contributed by atoms with Gasteiger partial charge in [-0.05, 0) is 31.2 Å². The zero-order valence-corrected chi connectivity index (χ0v) is 13.9. The number of nitrogens with zero attached hydrogens (tertiary/aromatic N) is 1. The lowest BCUT2D eigenvalue weighted by atomic mass is 10.0. The van der Waals surface area contributed by atoms with Gasteiger partial charge in [-0.25, -0.2) is 9.79 Å². The molecule has 2 aromatic rings. The number of benzene rings is 2. The molecule has 0 aliphatic heterocycles. The van der Waals surface area contributed by atoms with E-state index in [0.29, 0.717) is 26.9 Å². The number of ether oxygens (including phenoxy) is 1. The molecule has 0 radical (unpaired) electrons. The lowest BCUT2D eigenvalue weighted by Crippen LogP contribution is -2.23. The minimum absolute atomic E-state index is 0.169. The van der Waals surface area contributed by atoms with Crippen LogP contribution in [0, 0.1) is 0 Å². The van der Waals surface area contributed by atoms with Crippen molar-refractivity contribution in [1.82, 2.24) is 0 Å². The monoisotopic (exact) mass is 351 g/mol. The highest BCUT2D eigenvalue weighted by atomic mass is 35.5. The molecule has 6 heteroatoms. The largest absolute Gasteiger partial charge is 0.463 e. The Kier molecular flexibility index (Phi) is 6.16. The molecule has 0 spiro atoms. The fourth-order valence-corrected chi connectivity index (χ4v) is 2.18. The molecule has 0 saturated carbocycles. The third kappa shape index (κ3) is 4.79. The van der Waals surface area contributed by atoms with Crippen LogP contribution in [0.3, 0.4) is 0 Å². The van der Waals surface area contributed by atoms with Crippen molar-refractivity contribution in [1.29, 1.82) is 0 Å². The highest BCUT2D eigenvalue weighted by Gasteiger charge is 2.17. The molecule has 4 nitrogen and oxygen atoms in total. The highest BCUT2D eigenvalue weighted by Crippen LogP contribution is 2.18. The van der Waals surface area contributed by atoms with Crippen LogP contribution in [-0.2, 0) is 9.53 Å². The Morgan fingerprint density at radius 1 is 1.04 bits per heavy atom. The van der Waals surface area contributed by atoms with Crippen LogP contribution < -0.4 is 0 Å². The Hall–Kier alpha value is -1.88. The second kappa shape index (κ2) is 8.11. The summed E-state index contributed by atoms with van der Waals surface area (Å²) in [6, 6.07) is 13.9. The summed E-state index contributed by atoms with van der Waals surface area (Å²) in [7, 11) is 0. The van der Waals surface area contributed by atoms with Gasteiger partial charge in [0, 0.05) is 21.2 Å². The number of rotatable bonds is 5. The third-order valence-electron chi connectivity index (χ3n) is 2.98. The maximum atomic E-state index is 11.6. The Balaban J connectivity index is 2.44. The van der Waals surface area contributed by atoms with Crippen molar-refractivity contribution < 1.29 is 14.6 Å². The average molecular weight is 352 g/mol. The minimum Gasteiger partial charge on any atom is -0.463 e. The number of halogens is 2. The second-order valence-corrected chi connectivity index (χ2v) is 5.49. The number of hydrogen-bond acceptors (Lipinski definition) is 4. The van der Waals surface area contributed by atoms with Crippen LogP contribution in [0.2, 0.25) is 10.0 Å². The van der Waals surface area contributed by atoms with Gasteiger partial charge in [0.1, 0.15) is 0 Å². The van der Waals surface area contributed by atoms with Gasteiger partial charge in [0.15, 0.2) is 0 Å². The summed E-state index contributed by atoms with van der Waals surface area (Å²) in [5.74, 6) is -0.798. The Morgan fingerprint density at radius 3 is 1.87 bits per heavy atom. The predicted octanol–water partition coefficient (Wildman–Crippen LogP) is 3.71. The van der Waals surface area contributed by atoms with E-state index in [1.54, 1.807) is 55.5 Å². The third-order valence-corrected chi connectivity index (χ3v) is 3.49. The lowest BCUT2D eigenvalue weighted by molar-refractivity contribution is -0.152.